The van der Waals surface area contributed by atoms with E-state index in [1.807, 2.05) is 0 Å². The first-order chi connectivity index (χ1) is 8.27. The molecule has 0 saturated carbocycles. The third-order valence-electron chi connectivity index (χ3n) is 2.89. The predicted molar refractivity (Wildman–Crippen MR) is 64.3 cm³/mol. The molecule has 0 aliphatic carbocycles. The summed E-state index contributed by atoms with van der Waals surface area (Å²) in [6.07, 6.45) is 5.98. The summed E-state index contributed by atoms with van der Waals surface area (Å²) in [6, 6.07) is 1.56. The Morgan fingerprint density at radius 1 is 1.53 bits per heavy atom. The number of hydrogen-bond acceptors (Lipinski definition) is 3. The molecule has 2 rings (SSSR count). The van der Waals surface area contributed by atoms with E-state index < -0.39 is 0 Å². The van der Waals surface area contributed by atoms with Crippen LogP contribution in [0.5, 0.6) is 0 Å². The number of hydrogen-bond donors (Lipinski definition) is 1. The van der Waals surface area contributed by atoms with Crippen LogP contribution >= 0.6 is 11.6 Å². The van der Waals surface area contributed by atoms with Crippen LogP contribution in [0.2, 0.25) is 5.22 Å². The van der Waals surface area contributed by atoms with Crippen LogP contribution in [-0.2, 0) is 4.74 Å². The van der Waals surface area contributed by atoms with Crippen molar-refractivity contribution in [2.75, 3.05) is 13.2 Å². The van der Waals surface area contributed by atoms with E-state index in [2.05, 4.69) is 5.32 Å². The van der Waals surface area contributed by atoms with Gasteiger partial charge in [-0.2, -0.15) is 0 Å². The molecule has 1 aliphatic heterocycles. The zero-order valence-electron chi connectivity index (χ0n) is 9.58. The second-order valence-corrected chi connectivity index (χ2v) is 4.48. The maximum Gasteiger partial charge on any atom is 0.256 e. The zero-order chi connectivity index (χ0) is 12.1. The average Bonchev–Trinajstić information content (AvgIpc) is 2.77. The molecule has 2 heterocycles. The molecule has 94 valence electrons. The Labute approximate surface area is 105 Å². The zero-order valence-corrected chi connectivity index (χ0v) is 10.3. The molecule has 1 atom stereocenters. The van der Waals surface area contributed by atoms with Crippen LogP contribution in [0.15, 0.2) is 16.7 Å². The number of ether oxygens (including phenoxy) is 1. The van der Waals surface area contributed by atoms with Crippen molar-refractivity contribution in [3.8, 4) is 0 Å². The number of carbonyl (C=O) groups excluding carboxylic acids is 1. The number of furan rings is 1. The minimum atomic E-state index is -0.195. The highest BCUT2D eigenvalue weighted by Crippen LogP contribution is 2.17. The Hall–Kier alpha value is -1.00. The molecule has 1 unspecified atom stereocenters. The summed E-state index contributed by atoms with van der Waals surface area (Å²) in [6.45, 7) is 1.44. The standard InChI is InChI=1S/C12H16ClNO3/c13-11-10(5-8-17-11)12(15)14-6-4-9-3-1-2-7-16-9/h5,8-9H,1-4,6-7H2,(H,14,15). The third kappa shape index (κ3) is 3.48. The summed E-state index contributed by atoms with van der Waals surface area (Å²) in [5.74, 6) is -0.195. The third-order valence-corrected chi connectivity index (χ3v) is 3.18. The van der Waals surface area contributed by atoms with Gasteiger partial charge in [0.05, 0.1) is 17.9 Å². The van der Waals surface area contributed by atoms with E-state index in [4.69, 9.17) is 20.8 Å². The molecule has 0 aromatic carbocycles. The van der Waals surface area contributed by atoms with Crippen molar-refractivity contribution in [3.63, 3.8) is 0 Å². The van der Waals surface area contributed by atoms with Crippen LogP contribution in [-0.4, -0.2) is 25.2 Å². The molecule has 0 radical (unpaired) electrons. The van der Waals surface area contributed by atoms with Crippen molar-refractivity contribution in [2.45, 2.75) is 31.8 Å². The van der Waals surface area contributed by atoms with Crippen molar-refractivity contribution >= 4 is 17.5 Å². The molecule has 1 saturated heterocycles. The van der Waals surface area contributed by atoms with Crippen LogP contribution in [0, 0.1) is 0 Å². The maximum absolute atomic E-state index is 11.7. The lowest BCUT2D eigenvalue weighted by molar-refractivity contribution is 0.0117. The van der Waals surface area contributed by atoms with Crippen LogP contribution in [0.25, 0.3) is 0 Å². The van der Waals surface area contributed by atoms with Gasteiger partial charge < -0.3 is 14.5 Å². The molecule has 4 nitrogen and oxygen atoms in total. The van der Waals surface area contributed by atoms with Gasteiger partial charge in [-0.3, -0.25) is 4.79 Å². The second-order valence-electron chi connectivity index (χ2n) is 4.14. The molecule has 1 N–H and O–H groups in total. The number of nitrogens with one attached hydrogen (secondary N) is 1. The first-order valence-corrected chi connectivity index (χ1v) is 6.28. The fraction of sp³-hybridized carbons (Fsp3) is 0.583. The van der Waals surface area contributed by atoms with Crippen LogP contribution in [0.3, 0.4) is 0 Å². The Morgan fingerprint density at radius 3 is 3.06 bits per heavy atom. The van der Waals surface area contributed by atoms with Gasteiger partial charge in [0.1, 0.15) is 0 Å². The van der Waals surface area contributed by atoms with Gasteiger partial charge in [0, 0.05) is 13.2 Å². The highest BCUT2D eigenvalue weighted by Gasteiger charge is 2.15. The first-order valence-electron chi connectivity index (χ1n) is 5.90. The quantitative estimate of drug-likeness (QED) is 0.902. The molecular weight excluding hydrogens is 242 g/mol. The van der Waals surface area contributed by atoms with Gasteiger partial charge in [-0.05, 0) is 43.4 Å². The van der Waals surface area contributed by atoms with Gasteiger partial charge in [-0.25, -0.2) is 0 Å². The van der Waals surface area contributed by atoms with Gasteiger partial charge in [0.2, 0.25) is 5.22 Å². The van der Waals surface area contributed by atoms with E-state index in [1.54, 1.807) is 6.07 Å². The van der Waals surface area contributed by atoms with Gasteiger partial charge in [-0.1, -0.05) is 0 Å². The summed E-state index contributed by atoms with van der Waals surface area (Å²) in [5, 5.41) is 2.95. The van der Waals surface area contributed by atoms with Gasteiger partial charge >= 0.3 is 0 Å². The molecule has 1 fully saturated rings. The van der Waals surface area contributed by atoms with Gasteiger partial charge in [0.25, 0.3) is 5.91 Å². The molecule has 17 heavy (non-hydrogen) atoms. The monoisotopic (exact) mass is 257 g/mol. The molecule has 1 amide bonds. The van der Waals surface area contributed by atoms with Crippen LogP contribution in [0.1, 0.15) is 36.0 Å². The minimum absolute atomic E-state index is 0.136. The smallest absolute Gasteiger partial charge is 0.256 e. The molecule has 0 spiro atoms. The van der Waals surface area contributed by atoms with Crippen molar-refractivity contribution < 1.29 is 13.9 Å². The maximum atomic E-state index is 11.7. The molecule has 1 aliphatic rings. The van der Waals surface area contributed by atoms with E-state index >= 15 is 0 Å². The topological polar surface area (TPSA) is 51.5 Å². The Kier molecular flexibility index (Phi) is 4.45. The number of halogens is 1. The minimum Gasteiger partial charge on any atom is -0.452 e. The lowest BCUT2D eigenvalue weighted by atomic mass is 10.1. The van der Waals surface area contributed by atoms with Gasteiger partial charge in [-0.15, -0.1) is 0 Å². The van der Waals surface area contributed by atoms with E-state index in [1.165, 1.54) is 12.7 Å². The summed E-state index contributed by atoms with van der Waals surface area (Å²) in [7, 11) is 0. The molecule has 1 aromatic rings. The normalized spacial score (nSPS) is 20.2. The fourth-order valence-electron chi connectivity index (χ4n) is 1.93. The Balaban J connectivity index is 1.71. The van der Waals surface area contributed by atoms with Crippen molar-refractivity contribution in [1.29, 1.82) is 0 Å². The summed E-state index contributed by atoms with van der Waals surface area (Å²) in [4.78, 5) is 11.7. The number of carbonyl (C=O) groups is 1. The fourth-order valence-corrected chi connectivity index (χ4v) is 2.13. The lowest BCUT2D eigenvalue weighted by Crippen LogP contribution is -2.29. The summed E-state index contributed by atoms with van der Waals surface area (Å²) in [5.41, 5.74) is 0.385. The number of rotatable bonds is 4. The van der Waals surface area contributed by atoms with Crippen molar-refractivity contribution in [1.82, 2.24) is 5.32 Å². The Bertz CT molecular complexity index is 372. The first kappa shape index (κ1) is 12.5. The van der Waals surface area contributed by atoms with E-state index in [9.17, 15) is 4.79 Å². The van der Waals surface area contributed by atoms with Crippen molar-refractivity contribution in [3.05, 3.63) is 23.1 Å². The molecule has 0 bridgehead atoms. The molecule has 1 aromatic heterocycles. The Morgan fingerprint density at radius 2 is 2.41 bits per heavy atom. The molecular formula is C12H16ClNO3. The lowest BCUT2D eigenvalue weighted by Gasteiger charge is -2.22. The number of amides is 1. The summed E-state index contributed by atoms with van der Waals surface area (Å²) >= 11 is 5.71. The van der Waals surface area contributed by atoms with Crippen LogP contribution < -0.4 is 5.32 Å². The molecule has 5 heteroatoms. The second kappa shape index (κ2) is 6.07. The average molecular weight is 258 g/mol. The van der Waals surface area contributed by atoms with E-state index in [0.717, 1.165) is 25.9 Å². The highest BCUT2D eigenvalue weighted by molar-refractivity contribution is 6.32. The van der Waals surface area contributed by atoms with Crippen LogP contribution in [0.4, 0.5) is 0 Å². The highest BCUT2D eigenvalue weighted by atomic mass is 35.5. The van der Waals surface area contributed by atoms with E-state index in [0.29, 0.717) is 12.1 Å². The van der Waals surface area contributed by atoms with Crippen molar-refractivity contribution in [2.24, 2.45) is 0 Å². The SMILES string of the molecule is O=C(NCCC1CCCCO1)c1ccoc1Cl. The summed E-state index contributed by atoms with van der Waals surface area (Å²) < 4.78 is 10.4. The van der Waals surface area contributed by atoms with E-state index in [-0.39, 0.29) is 17.2 Å². The largest absolute Gasteiger partial charge is 0.452 e. The predicted octanol–water partition coefficient (Wildman–Crippen LogP) is 2.62. The van der Waals surface area contributed by atoms with Gasteiger partial charge in [0.15, 0.2) is 0 Å².